The van der Waals surface area contributed by atoms with Crippen LogP contribution in [0.1, 0.15) is 39.5 Å². The van der Waals surface area contributed by atoms with E-state index in [0.717, 1.165) is 44.3 Å². The van der Waals surface area contributed by atoms with Gasteiger partial charge in [0.2, 0.25) is 0 Å². The molecule has 23 heavy (non-hydrogen) atoms. The molecule has 0 aliphatic carbocycles. The first-order valence-corrected chi connectivity index (χ1v) is 8.28. The SMILES string of the molecule is CC1=CC(=CCCCN2CCC[C@H]2[C@@H]2C=C(C)C(=O)O2)OC1=O. The summed E-state index contributed by atoms with van der Waals surface area (Å²) in [6.07, 6.45) is 9.70. The molecule has 5 nitrogen and oxygen atoms in total. The number of allylic oxidation sites excluding steroid dienone is 2. The molecular weight excluding hydrogens is 294 g/mol. The van der Waals surface area contributed by atoms with E-state index in [4.69, 9.17) is 9.47 Å². The topological polar surface area (TPSA) is 55.8 Å². The van der Waals surface area contributed by atoms with E-state index in [1.165, 1.54) is 0 Å². The van der Waals surface area contributed by atoms with Gasteiger partial charge >= 0.3 is 11.9 Å². The average Bonchev–Trinajstić information content (AvgIpc) is 3.18. The van der Waals surface area contributed by atoms with Gasteiger partial charge in [-0.3, -0.25) is 4.90 Å². The lowest BCUT2D eigenvalue weighted by Crippen LogP contribution is -2.39. The molecule has 0 radical (unpaired) electrons. The summed E-state index contributed by atoms with van der Waals surface area (Å²) >= 11 is 0. The molecule has 1 fully saturated rings. The fourth-order valence-electron chi connectivity index (χ4n) is 3.38. The molecular formula is C18H23NO4. The maximum Gasteiger partial charge on any atom is 0.339 e. The van der Waals surface area contributed by atoms with Crippen LogP contribution in [0.4, 0.5) is 0 Å². The van der Waals surface area contributed by atoms with E-state index in [2.05, 4.69) is 4.90 Å². The molecule has 0 unspecified atom stereocenters. The van der Waals surface area contributed by atoms with Crippen molar-refractivity contribution in [1.29, 1.82) is 0 Å². The van der Waals surface area contributed by atoms with Gasteiger partial charge in [0.15, 0.2) is 0 Å². The molecule has 124 valence electrons. The van der Waals surface area contributed by atoms with Gasteiger partial charge in [-0.2, -0.15) is 0 Å². The molecule has 0 saturated carbocycles. The Bertz CT molecular complexity index is 602. The number of hydrogen-bond donors (Lipinski definition) is 0. The van der Waals surface area contributed by atoms with E-state index >= 15 is 0 Å². The largest absolute Gasteiger partial charge is 0.453 e. The summed E-state index contributed by atoms with van der Waals surface area (Å²) in [6.45, 7) is 5.59. The summed E-state index contributed by atoms with van der Waals surface area (Å²) in [7, 11) is 0. The average molecular weight is 317 g/mol. The van der Waals surface area contributed by atoms with E-state index in [9.17, 15) is 9.59 Å². The van der Waals surface area contributed by atoms with Crippen LogP contribution in [0.15, 0.2) is 35.1 Å². The molecule has 0 aromatic carbocycles. The Kier molecular flexibility index (Phi) is 4.66. The highest BCUT2D eigenvalue weighted by molar-refractivity contribution is 5.92. The third-order valence-corrected chi connectivity index (χ3v) is 4.66. The van der Waals surface area contributed by atoms with Crippen LogP contribution in [0.5, 0.6) is 0 Å². The predicted molar refractivity (Wildman–Crippen MR) is 85.4 cm³/mol. The van der Waals surface area contributed by atoms with Crippen LogP contribution in [0.25, 0.3) is 0 Å². The highest BCUT2D eigenvalue weighted by Crippen LogP contribution is 2.27. The van der Waals surface area contributed by atoms with Gasteiger partial charge in [-0.15, -0.1) is 0 Å². The van der Waals surface area contributed by atoms with Crippen molar-refractivity contribution in [3.8, 4) is 0 Å². The Morgan fingerprint density at radius 1 is 1.26 bits per heavy atom. The molecule has 5 heteroatoms. The lowest BCUT2D eigenvalue weighted by Gasteiger charge is -2.27. The summed E-state index contributed by atoms with van der Waals surface area (Å²) in [5.74, 6) is 0.228. The van der Waals surface area contributed by atoms with E-state index in [1.54, 1.807) is 13.0 Å². The van der Waals surface area contributed by atoms with Crippen molar-refractivity contribution < 1.29 is 19.1 Å². The highest BCUT2D eigenvalue weighted by atomic mass is 16.6. The molecule has 0 aromatic rings. The lowest BCUT2D eigenvalue weighted by atomic mass is 10.1. The molecule has 2 atom stereocenters. The molecule has 0 spiro atoms. The number of cyclic esters (lactones) is 2. The molecule has 0 N–H and O–H groups in total. The Balaban J connectivity index is 1.48. The van der Waals surface area contributed by atoms with Crippen LogP contribution < -0.4 is 0 Å². The van der Waals surface area contributed by atoms with Gasteiger partial charge in [-0.1, -0.05) is 0 Å². The maximum atomic E-state index is 11.5. The van der Waals surface area contributed by atoms with E-state index < -0.39 is 0 Å². The van der Waals surface area contributed by atoms with Gasteiger partial charge in [0.1, 0.15) is 11.9 Å². The number of ether oxygens (including phenoxy) is 2. The maximum absolute atomic E-state index is 11.5. The third kappa shape index (κ3) is 3.55. The number of nitrogens with zero attached hydrogens (tertiary/aromatic N) is 1. The van der Waals surface area contributed by atoms with Crippen LogP contribution in [0.2, 0.25) is 0 Å². The molecule has 0 amide bonds. The molecule has 3 aliphatic heterocycles. The zero-order valence-electron chi connectivity index (χ0n) is 13.7. The van der Waals surface area contributed by atoms with Crippen LogP contribution in [0, 0.1) is 0 Å². The quantitative estimate of drug-likeness (QED) is 0.576. The first kappa shape index (κ1) is 16.0. The van der Waals surface area contributed by atoms with Crippen LogP contribution >= 0.6 is 0 Å². The van der Waals surface area contributed by atoms with E-state index in [1.807, 2.05) is 19.1 Å². The van der Waals surface area contributed by atoms with Crippen molar-refractivity contribution in [2.45, 2.75) is 51.7 Å². The van der Waals surface area contributed by atoms with Gasteiger partial charge in [-0.25, -0.2) is 9.59 Å². The molecule has 3 heterocycles. The second-order valence-electron chi connectivity index (χ2n) is 6.43. The second kappa shape index (κ2) is 6.71. The number of esters is 2. The standard InChI is InChI=1S/C18H23NO4/c1-12-10-14(22-17(12)20)6-3-4-8-19-9-5-7-15(19)16-11-13(2)18(21)23-16/h6,10-11,15-16H,3-5,7-9H2,1-2H3/t15-,16-/m0/s1. The zero-order valence-corrected chi connectivity index (χ0v) is 13.7. The van der Waals surface area contributed by atoms with E-state index in [-0.39, 0.29) is 18.0 Å². The summed E-state index contributed by atoms with van der Waals surface area (Å²) in [5.41, 5.74) is 1.37. The second-order valence-corrected chi connectivity index (χ2v) is 6.43. The van der Waals surface area contributed by atoms with Crippen molar-refractivity contribution >= 4 is 11.9 Å². The minimum Gasteiger partial charge on any atom is -0.453 e. The number of carbonyl (C=O) groups excluding carboxylic acids is 2. The van der Waals surface area contributed by atoms with Gasteiger partial charge in [0, 0.05) is 11.1 Å². The predicted octanol–water partition coefficient (Wildman–Crippen LogP) is 2.49. The van der Waals surface area contributed by atoms with Gasteiger partial charge in [-0.05, 0) is 70.8 Å². The smallest absolute Gasteiger partial charge is 0.339 e. The molecule has 3 rings (SSSR count). The Morgan fingerprint density at radius 3 is 2.74 bits per heavy atom. The molecule has 1 saturated heterocycles. The summed E-state index contributed by atoms with van der Waals surface area (Å²) < 4.78 is 10.6. The van der Waals surface area contributed by atoms with Crippen molar-refractivity contribution in [2.75, 3.05) is 13.1 Å². The van der Waals surface area contributed by atoms with Gasteiger partial charge in [0.25, 0.3) is 0 Å². The van der Waals surface area contributed by atoms with Crippen molar-refractivity contribution in [1.82, 2.24) is 4.90 Å². The van der Waals surface area contributed by atoms with Crippen LogP contribution in [0.3, 0.4) is 0 Å². The number of rotatable bonds is 5. The van der Waals surface area contributed by atoms with Crippen molar-refractivity contribution in [2.24, 2.45) is 0 Å². The summed E-state index contributed by atoms with van der Waals surface area (Å²) in [4.78, 5) is 25.2. The normalized spacial score (nSPS) is 29.7. The van der Waals surface area contributed by atoms with Gasteiger partial charge in [0.05, 0.1) is 6.04 Å². The Morgan fingerprint density at radius 2 is 2.09 bits per heavy atom. The Hall–Kier alpha value is -1.88. The number of likely N-dealkylation sites (tertiary alicyclic amines) is 1. The summed E-state index contributed by atoms with van der Waals surface area (Å²) in [5, 5.41) is 0. The van der Waals surface area contributed by atoms with Crippen molar-refractivity contribution in [3.63, 3.8) is 0 Å². The minimum absolute atomic E-state index is 0.0928. The van der Waals surface area contributed by atoms with E-state index in [0.29, 0.717) is 17.4 Å². The fraction of sp³-hybridized carbons (Fsp3) is 0.556. The van der Waals surface area contributed by atoms with Crippen molar-refractivity contribution in [3.05, 3.63) is 35.1 Å². The lowest BCUT2D eigenvalue weighted by molar-refractivity contribution is -0.141. The third-order valence-electron chi connectivity index (χ3n) is 4.66. The first-order chi connectivity index (χ1) is 11.0. The van der Waals surface area contributed by atoms with Crippen LogP contribution in [-0.2, 0) is 19.1 Å². The number of carbonyl (C=O) groups is 2. The molecule has 0 bridgehead atoms. The van der Waals surface area contributed by atoms with Crippen LogP contribution in [-0.4, -0.2) is 42.1 Å². The number of hydrogen-bond acceptors (Lipinski definition) is 5. The first-order valence-electron chi connectivity index (χ1n) is 8.28. The highest BCUT2D eigenvalue weighted by Gasteiger charge is 2.36. The monoisotopic (exact) mass is 317 g/mol. The Labute approximate surface area is 136 Å². The molecule has 0 aromatic heterocycles. The fourth-order valence-corrected chi connectivity index (χ4v) is 3.38. The molecule has 3 aliphatic rings. The van der Waals surface area contributed by atoms with Gasteiger partial charge < -0.3 is 9.47 Å². The number of unbranched alkanes of at least 4 members (excludes halogenated alkanes) is 1. The minimum atomic E-state index is -0.249. The zero-order chi connectivity index (χ0) is 16.4. The summed E-state index contributed by atoms with van der Waals surface area (Å²) in [6, 6.07) is 0.301.